The molecule has 10 nitrogen and oxygen atoms in total. The van der Waals surface area contributed by atoms with Crippen molar-refractivity contribution in [1.29, 1.82) is 0 Å². The molecule has 0 atom stereocenters. The smallest absolute Gasteiger partial charge is 0.335 e. The van der Waals surface area contributed by atoms with Gasteiger partial charge in [0.25, 0.3) is 0 Å². The third-order valence-corrected chi connectivity index (χ3v) is 6.68. The molecule has 0 saturated heterocycles. The maximum absolute atomic E-state index is 10.8. The third-order valence-electron chi connectivity index (χ3n) is 6.68. The summed E-state index contributed by atoms with van der Waals surface area (Å²) in [5.41, 5.74) is 3.01. The fourth-order valence-electron chi connectivity index (χ4n) is 4.41. The second-order valence-electron chi connectivity index (χ2n) is 9.88. The molecule has 0 bridgehead atoms. The summed E-state index contributed by atoms with van der Waals surface area (Å²) in [7, 11) is 0. The summed E-state index contributed by atoms with van der Waals surface area (Å²) in [6.45, 7) is 5.27. The Labute approximate surface area is 252 Å². The molecule has 0 aliphatic heterocycles. The normalized spacial score (nSPS) is 10.3. The predicted molar refractivity (Wildman–Crippen MR) is 156 cm³/mol. The van der Waals surface area contributed by atoms with E-state index in [4.69, 9.17) is 10.4 Å². The summed E-state index contributed by atoms with van der Waals surface area (Å²) in [6.07, 6.45) is 0. The lowest BCUT2D eigenvalue weighted by Gasteiger charge is -2.10. The summed E-state index contributed by atoms with van der Waals surface area (Å²) in [6, 6.07) is 24.0. The summed E-state index contributed by atoms with van der Waals surface area (Å²) >= 11 is 0. The van der Waals surface area contributed by atoms with Crippen molar-refractivity contribution in [1.82, 2.24) is 0 Å². The number of hydrogen-bond donors (Lipinski definition) is 2. The fraction of sp³-hybridized carbons (Fsp3) is 0.118. The predicted octanol–water partition coefficient (Wildman–Crippen LogP) is 3.07. The molecule has 44 heavy (non-hydrogen) atoms. The lowest BCUT2D eigenvalue weighted by molar-refractivity contribution is -0.256. The third kappa shape index (κ3) is 8.48. The zero-order valence-electron chi connectivity index (χ0n) is 24.0. The fourth-order valence-corrected chi connectivity index (χ4v) is 4.41. The van der Waals surface area contributed by atoms with Crippen LogP contribution in [0.15, 0.2) is 84.9 Å². The van der Waals surface area contributed by atoms with Crippen molar-refractivity contribution >= 4 is 45.4 Å². The van der Waals surface area contributed by atoms with Gasteiger partial charge in [0.1, 0.15) is 6.61 Å². The Morgan fingerprint density at radius 3 is 1.75 bits per heavy atom. The molecule has 10 heteroatoms. The lowest BCUT2D eigenvalue weighted by atomic mass is 10.0. The molecule has 0 aliphatic carbocycles. The number of fused-ring (bicyclic) bond motifs is 2. The SMILES string of the molecule is Cc1cc(C)c(C)c(C(=O)[O-])c1.O=C([O-])c1cc(COO)cc(C(=O)O)c1.O=C([O-])c1ccc2cc3ccccc3cc2c1. The van der Waals surface area contributed by atoms with E-state index in [-0.39, 0.29) is 28.9 Å². The van der Waals surface area contributed by atoms with Crippen LogP contribution in [0.1, 0.15) is 63.7 Å². The Morgan fingerprint density at radius 1 is 0.636 bits per heavy atom. The van der Waals surface area contributed by atoms with Gasteiger partial charge in [-0.1, -0.05) is 48.0 Å². The van der Waals surface area contributed by atoms with Crippen LogP contribution in [0.25, 0.3) is 21.5 Å². The number of carboxylic acid groups (broad SMARTS) is 4. The summed E-state index contributed by atoms with van der Waals surface area (Å²) in [5.74, 6) is -4.99. The van der Waals surface area contributed by atoms with Crippen LogP contribution in [0.3, 0.4) is 0 Å². The van der Waals surface area contributed by atoms with E-state index in [9.17, 15) is 34.5 Å². The van der Waals surface area contributed by atoms with Crippen LogP contribution in [0.4, 0.5) is 0 Å². The van der Waals surface area contributed by atoms with Crippen molar-refractivity contribution in [3.05, 3.63) is 129 Å². The molecule has 0 aromatic heterocycles. The molecule has 226 valence electrons. The van der Waals surface area contributed by atoms with Crippen LogP contribution in [-0.4, -0.2) is 34.2 Å². The number of aromatic carboxylic acids is 4. The maximum Gasteiger partial charge on any atom is 0.335 e. The molecule has 0 amide bonds. The Hall–Kier alpha value is -5.58. The number of aryl methyl sites for hydroxylation is 2. The van der Waals surface area contributed by atoms with E-state index in [1.54, 1.807) is 25.1 Å². The highest BCUT2D eigenvalue weighted by atomic mass is 17.1. The molecule has 0 saturated carbocycles. The molecule has 0 heterocycles. The molecule has 5 aromatic rings. The Morgan fingerprint density at radius 2 is 1.20 bits per heavy atom. The average molecular weight is 596 g/mol. The van der Waals surface area contributed by atoms with Crippen LogP contribution in [0.5, 0.6) is 0 Å². The van der Waals surface area contributed by atoms with Gasteiger partial charge >= 0.3 is 5.97 Å². The highest BCUT2D eigenvalue weighted by molar-refractivity contribution is 6.01. The monoisotopic (exact) mass is 595 g/mol. The molecular formula is C34H27O10-3. The Kier molecular flexibility index (Phi) is 10.9. The molecule has 5 aromatic carbocycles. The van der Waals surface area contributed by atoms with Crippen LogP contribution in [-0.2, 0) is 11.5 Å². The topological polar surface area (TPSA) is 187 Å². The minimum Gasteiger partial charge on any atom is -0.545 e. The molecule has 0 spiro atoms. The Bertz CT molecular complexity index is 1840. The van der Waals surface area contributed by atoms with Crippen molar-refractivity contribution in [2.45, 2.75) is 27.4 Å². The minimum atomic E-state index is -1.49. The minimum absolute atomic E-state index is 0.205. The first-order valence-electron chi connectivity index (χ1n) is 13.1. The van der Waals surface area contributed by atoms with E-state index < -0.39 is 23.9 Å². The number of rotatable bonds is 6. The second-order valence-corrected chi connectivity index (χ2v) is 9.88. The summed E-state index contributed by atoms with van der Waals surface area (Å²) in [4.78, 5) is 46.3. The van der Waals surface area contributed by atoms with E-state index in [1.165, 1.54) is 6.07 Å². The van der Waals surface area contributed by atoms with Gasteiger partial charge in [-0.05, 0) is 113 Å². The van der Waals surface area contributed by atoms with Gasteiger partial charge in [0.15, 0.2) is 0 Å². The molecule has 2 N–H and O–H groups in total. The highest BCUT2D eigenvalue weighted by Crippen LogP contribution is 2.23. The van der Waals surface area contributed by atoms with Crippen molar-refractivity contribution in [3.63, 3.8) is 0 Å². The van der Waals surface area contributed by atoms with E-state index in [0.717, 1.165) is 50.4 Å². The van der Waals surface area contributed by atoms with Gasteiger partial charge in [-0.2, -0.15) is 0 Å². The number of carbonyl (C=O) groups is 4. The summed E-state index contributed by atoms with van der Waals surface area (Å²) < 4.78 is 0. The Balaban J connectivity index is 0.000000184. The molecule has 5 rings (SSSR count). The zero-order chi connectivity index (χ0) is 32.6. The zero-order valence-corrected chi connectivity index (χ0v) is 24.0. The molecule has 0 aliphatic rings. The van der Waals surface area contributed by atoms with Crippen molar-refractivity contribution in [2.75, 3.05) is 0 Å². The van der Waals surface area contributed by atoms with Gasteiger partial charge in [0.05, 0.1) is 23.5 Å². The summed E-state index contributed by atoms with van der Waals surface area (Å²) in [5, 5.41) is 53.0. The van der Waals surface area contributed by atoms with E-state index in [0.29, 0.717) is 5.56 Å². The standard InChI is InChI=1S/C15H10O2.C10H12O2.C9H8O6/c16-15(17)13-6-5-12-7-10-3-1-2-4-11(10)8-14(12)9-13;1-6-4-7(2)8(3)9(5-6)10(11)12;10-8(11)6-1-5(4-15-14)2-7(3-6)9(12)13/h1-9H,(H,16,17);4-5H,1-3H3,(H,11,12);1-3,14H,4H2,(H,10,11)(H,12,13)/p-3. The highest BCUT2D eigenvalue weighted by Gasteiger charge is 2.08. The molecular weight excluding hydrogens is 568 g/mol. The molecule has 0 fully saturated rings. The largest absolute Gasteiger partial charge is 0.545 e. The van der Waals surface area contributed by atoms with E-state index >= 15 is 0 Å². The number of carbonyl (C=O) groups excluding carboxylic acids is 3. The van der Waals surface area contributed by atoms with Crippen molar-refractivity contribution in [2.24, 2.45) is 0 Å². The van der Waals surface area contributed by atoms with Gasteiger partial charge in [-0.15, -0.1) is 0 Å². The molecule has 0 radical (unpaired) electrons. The first kappa shape index (κ1) is 32.9. The van der Waals surface area contributed by atoms with Gasteiger partial charge in [0.2, 0.25) is 0 Å². The van der Waals surface area contributed by atoms with Gasteiger partial charge in [-0.25, -0.2) is 9.68 Å². The van der Waals surface area contributed by atoms with Gasteiger partial charge in [-0.3, -0.25) is 5.26 Å². The molecule has 0 unspecified atom stereocenters. The maximum atomic E-state index is 10.8. The number of hydrogen-bond acceptors (Lipinski definition) is 9. The van der Waals surface area contributed by atoms with Gasteiger partial charge < -0.3 is 34.8 Å². The van der Waals surface area contributed by atoms with Gasteiger partial charge in [0, 0.05) is 5.56 Å². The first-order valence-corrected chi connectivity index (χ1v) is 13.1. The van der Waals surface area contributed by atoms with E-state index in [1.807, 2.05) is 56.3 Å². The van der Waals surface area contributed by atoms with Crippen molar-refractivity contribution in [3.8, 4) is 0 Å². The van der Waals surface area contributed by atoms with Crippen LogP contribution in [0.2, 0.25) is 0 Å². The van der Waals surface area contributed by atoms with Crippen LogP contribution < -0.4 is 15.3 Å². The number of carboxylic acids is 4. The quantitative estimate of drug-likeness (QED) is 0.168. The lowest BCUT2D eigenvalue weighted by Crippen LogP contribution is -2.23. The van der Waals surface area contributed by atoms with E-state index in [2.05, 4.69) is 11.0 Å². The van der Waals surface area contributed by atoms with Crippen molar-refractivity contribution < 1.29 is 49.7 Å². The first-order chi connectivity index (χ1) is 20.8. The van der Waals surface area contributed by atoms with Crippen LogP contribution in [0, 0.1) is 20.8 Å². The average Bonchev–Trinajstić information content (AvgIpc) is 2.98. The number of benzene rings is 5. The van der Waals surface area contributed by atoms with Crippen LogP contribution >= 0.6 is 0 Å². The second kappa shape index (κ2) is 14.5.